The van der Waals surface area contributed by atoms with Crippen molar-refractivity contribution < 1.29 is 33.8 Å². The molecule has 6 aliphatic heterocycles. The highest BCUT2D eigenvalue weighted by molar-refractivity contribution is 7.13. The SMILES string of the molecule is Cc1ncsc1-c1ccc([C@H](C)NC(=O)[C@@H]2C[C@@H](O)CN2C(=O)[C@@H](c2cc(OCCN3C4CC3CN(CCOc3cc(N5C6CCC5CN(c5cc(-c7ccccc7O)nnc5N)C6)ccn3)C4)no2)C(C)C)cc1. The van der Waals surface area contributed by atoms with Crippen LogP contribution in [0.15, 0.2) is 89.0 Å². The van der Waals surface area contributed by atoms with Gasteiger partial charge >= 0.3 is 0 Å². The number of fused-ring (bicyclic) bond motifs is 4. The number of amides is 2. The van der Waals surface area contributed by atoms with Crippen LogP contribution in [0.5, 0.6) is 17.5 Å². The zero-order valence-corrected chi connectivity index (χ0v) is 43.7. The maximum absolute atomic E-state index is 14.3. The molecule has 2 amide bonds. The number of nitrogen functional groups attached to an aromatic ring is 1. The molecule has 0 spiro atoms. The number of piperazine rings is 2. The fourth-order valence-electron chi connectivity index (χ4n) is 12.1. The van der Waals surface area contributed by atoms with Gasteiger partial charge in [-0.1, -0.05) is 50.2 Å². The molecule has 75 heavy (non-hydrogen) atoms. The zero-order valence-electron chi connectivity index (χ0n) is 42.9. The van der Waals surface area contributed by atoms with Crippen molar-refractivity contribution in [3.63, 3.8) is 0 Å². The van der Waals surface area contributed by atoms with Gasteiger partial charge in [0.15, 0.2) is 11.6 Å². The van der Waals surface area contributed by atoms with E-state index in [1.807, 2.05) is 81.9 Å². The summed E-state index contributed by atoms with van der Waals surface area (Å²) in [5.74, 6) is 0.345. The van der Waals surface area contributed by atoms with Crippen LogP contribution in [0.2, 0.25) is 0 Å². The number of hydrogen-bond acceptors (Lipinski definition) is 18. The maximum atomic E-state index is 14.3. The quantitative estimate of drug-likeness (QED) is 0.0787. The Labute approximate surface area is 440 Å². The van der Waals surface area contributed by atoms with Crippen LogP contribution in [0.1, 0.15) is 75.4 Å². The van der Waals surface area contributed by atoms with E-state index < -0.39 is 18.1 Å². The van der Waals surface area contributed by atoms with E-state index in [0.717, 1.165) is 91.6 Å². The van der Waals surface area contributed by atoms with E-state index in [1.54, 1.807) is 29.5 Å². The third kappa shape index (κ3) is 10.4. The number of piperidine rings is 1. The lowest BCUT2D eigenvalue weighted by Gasteiger charge is -2.56. The van der Waals surface area contributed by atoms with Crippen molar-refractivity contribution in [2.45, 2.75) is 102 Å². The minimum Gasteiger partial charge on any atom is -0.507 e. The second-order valence-electron chi connectivity index (χ2n) is 21.1. The standard InChI is InChI=1S/C55H66N12O7S/c1-32(2)51(55(71)66-30-42(68)23-46(66)54(70)59-33(3)35-9-11-36(12-10-35)52-34(4)58-31-75-52)48-25-50(62-74-48)73-20-18-65-40-21-41(65)27-63(26-40)17-19-72-49-22-37(15-16-57-49)67-38-13-14-39(67)29-64(28-38)45-24-44(60-61-53(45)56)43-7-5-6-8-47(43)69/h5-12,15-16,22,24-25,31-33,38-42,46,51,68-69H,13-14,17-21,23,26-30H2,1-4H3,(H2,56,61)(H,59,70)/t33-,38?,39?,40?,41?,42+,46-,51+/m0/s1. The third-order valence-electron chi connectivity index (χ3n) is 15.9. The highest BCUT2D eigenvalue weighted by atomic mass is 32.1. The average molecular weight is 1040 g/mol. The van der Waals surface area contributed by atoms with Gasteiger partial charge in [-0.3, -0.25) is 19.4 Å². The van der Waals surface area contributed by atoms with Crippen LogP contribution in [0.25, 0.3) is 21.7 Å². The van der Waals surface area contributed by atoms with E-state index in [-0.39, 0.29) is 54.6 Å². The monoisotopic (exact) mass is 1040 g/mol. The molecule has 10 heterocycles. The average Bonchev–Trinajstić information content (AvgIpc) is 4.21. The Hall–Kier alpha value is -6.87. The molecule has 0 radical (unpaired) electrons. The Kier molecular flexibility index (Phi) is 14.4. The molecule has 6 aliphatic rings. The number of nitrogens with zero attached hydrogens (tertiary/aromatic N) is 10. The van der Waals surface area contributed by atoms with E-state index in [9.17, 15) is 19.8 Å². The van der Waals surface area contributed by atoms with Crippen LogP contribution < -0.4 is 30.3 Å². The molecular formula is C55H66N12O7S. The van der Waals surface area contributed by atoms with Crippen LogP contribution in [-0.2, 0) is 9.59 Å². The summed E-state index contributed by atoms with van der Waals surface area (Å²) in [5, 5.41) is 37.0. The van der Waals surface area contributed by atoms with Gasteiger partial charge < -0.3 is 50.0 Å². The number of carbonyl (C=O) groups is 2. The van der Waals surface area contributed by atoms with E-state index in [4.69, 9.17) is 19.7 Å². The predicted molar refractivity (Wildman–Crippen MR) is 285 cm³/mol. The minimum absolute atomic E-state index is 0.0542. The number of hydrogen-bond donors (Lipinski definition) is 4. The number of phenols is 1. The molecule has 5 N–H and O–H groups in total. The zero-order chi connectivity index (χ0) is 51.9. The Morgan fingerprint density at radius 3 is 2.35 bits per heavy atom. The van der Waals surface area contributed by atoms with Crippen LogP contribution in [-0.4, -0.2) is 157 Å². The largest absolute Gasteiger partial charge is 0.507 e. The number of likely N-dealkylation sites (tertiary alicyclic amines) is 1. The van der Waals surface area contributed by atoms with Crippen molar-refractivity contribution in [3.05, 3.63) is 102 Å². The lowest BCUT2D eigenvalue weighted by Crippen LogP contribution is -2.69. The van der Waals surface area contributed by atoms with Crippen molar-refractivity contribution >= 4 is 40.3 Å². The van der Waals surface area contributed by atoms with Gasteiger partial charge in [-0.25, -0.2) is 9.97 Å². The second kappa shape index (κ2) is 21.4. The first kappa shape index (κ1) is 50.3. The Balaban J connectivity index is 0.627. The number of para-hydroxylation sites is 1. The van der Waals surface area contributed by atoms with E-state index in [2.05, 4.69) is 62.4 Å². The molecule has 20 heteroatoms. The van der Waals surface area contributed by atoms with Crippen molar-refractivity contribution in [1.82, 2.24) is 45.3 Å². The van der Waals surface area contributed by atoms with Gasteiger partial charge in [0.25, 0.3) is 5.88 Å². The molecule has 394 valence electrons. The van der Waals surface area contributed by atoms with Gasteiger partial charge in [0.05, 0.1) is 39.6 Å². The van der Waals surface area contributed by atoms with Crippen LogP contribution in [0.4, 0.5) is 17.2 Å². The molecule has 0 aliphatic carbocycles. The number of aliphatic hydroxyl groups excluding tert-OH is 1. The molecule has 6 saturated heterocycles. The number of ether oxygens (including phenoxy) is 2. The summed E-state index contributed by atoms with van der Waals surface area (Å²) in [6.07, 6.45) is 4.44. The summed E-state index contributed by atoms with van der Waals surface area (Å²) in [6, 6.07) is 23.2. The molecule has 2 aromatic carbocycles. The summed E-state index contributed by atoms with van der Waals surface area (Å²) in [7, 11) is 0. The molecule has 12 rings (SSSR count). The lowest BCUT2D eigenvalue weighted by molar-refractivity contribution is -0.141. The summed E-state index contributed by atoms with van der Waals surface area (Å²) in [4.78, 5) is 49.4. The minimum atomic E-state index is -0.829. The third-order valence-corrected chi connectivity index (χ3v) is 16.9. The predicted octanol–water partition coefficient (Wildman–Crippen LogP) is 5.90. The first-order chi connectivity index (χ1) is 36.3. The van der Waals surface area contributed by atoms with E-state index in [1.165, 1.54) is 4.90 Å². The lowest BCUT2D eigenvalue weighted by atomic mass is 9.87. The van der Waals surface area contributed by atoms with Crippen LogP contribution in [0.3, 0.4) is 0 Å². The Morgan fingerprint density at radius 2 is 1.61 bits per heavy atom. The van der Waals surface area contributed by atoms with E-state index in [0.29, 0.717) is 59.9 Å². The van der Waals surface area contributed by atoms with Crippen LogP contribution in [0, 0.1) is 12.8 Å². The number of benzene rings is 2. The molecular weight excluding hydrogens is 973 g/mol. The topological polar surface area (TPSA) is 225 Å². The number of rotatable bonds is 18. The number of nitrogens with two attached hydrogens (primary N) is 1. The number of pyridine rings is 1. The highest BCUT2D eigenvalue weighted by Crippen LogP contribution is 2.40. The van der Waals surface area contributed by atoms with E-state index >= 15 is 0 Å². The molecule has 8 atom stereocenters. The van der Waals surface area contributed by atoms with Crippen molar-refractivity contribution in [2.24, 2.45) is 5.92 Å². The summed E-state index contributed by atoms with van der Waals surface area (Å²) >= 11 is 1.59. The van der Waals surface area contributed by atoms with Gasteiger partial charge in [-0.05, 0) is 79.6 Å². The molecule has 6 aromatic rings. The summed E-state index contributed by atoms with van der Waals surface area (Å²) in [6.45, 7) is 13.8. The second-order valence-corrected chi connectivity index (χ2v) is 22.0. The summed E-state index contributed by atoms with van der Waals surface area (Å²) in [5.41, 5.74) is 14.4. The number of aromatic hydroxyl groups is 1. The number of anilines is 3. The number of phenolic OH excluding ortho intramolecular Hbond substituents is 1. The van der Waals surface area contributed by atoms with Gasteiger partial charge in [0.1, 0.15) is 30.9 Å². The Bertz CT molecular complexity index is 2960. The number of carbonyl (C=O) groups excluding carboxylic acids is 2. The molecule has 4 aromatic heterocycles. The number of aromatic nitrogens is 5. The van der Waals surface area contributed by atoms with Crippen molar-refractivity contribution in [1.29, 1.82) is 0 Å². The smallest absolute Gasteiger partial charge is 0.254 e. The molecule has 19 nitrogen and oxygen atoms in total. The molecule has 6 fully saturated rings. The van der Waals surface area contributed by atoms with Gasteiger partial charge in [-0.2, -0.15) is 0 Å². The first-order valence-electron chi connectivity index (χ1n) is 26.3. The normalized spacial score (nSPS) is 23.3. The number of β-amino-alcohol motifs (C(OH)–C–C–N with tert-alkyl or cyclic N) is 1. The number of thiazole rings is 1. The van der Waals surface area contributed by atoms with Gasteiger partial charge in [0, 0.05) is 106 Å². The maximum Gasteiger partial charge on any atom is 0.254 e. The first-order valence-corrected chi connectivity index (χ1v) is 27.1. The Morgan fingerprint density at radius 1 is 0.867 bits per heavy atom. The van der Waals surface area contributed by atoms with Crippen LogP contribution >= 0.6 is 11.3 Å². The number of nitrogens with one attached hydrogen (secondary N) is 1. The molecule has 4 unspecified atom stereocenters. The summed E-state index contributed by atoms with van der Waals surface area (Å²) < 4.78 is 18.2. The number of aryl methyl sites for hydroxylation is 1. The van der Waals surface area contributed by atoms with Gasteiger partial charge in [0.2, 0.25) is 17.7 Å². The fourth-order valence-corrected chi connectivity index (χ4v) is 12.9. The molecule has 4 bridgehead atoms. The fraction of sp³-hybridized carbons (Fsp3) is 0.473. The highest BCUT2D eigenvalue weighted by Gasteiger charge is 2.46. The number of aliphatic hydroxyl groups is 1. The van der Waals surface area contributed by atoms with Crippen molar-refractivity contribution in [2.75, 3.05) is 74.6 Å². The van der Waals surface area contributed by atoms with Crippen molar-refractivity contribution in [3.8, 4) is 39.2 Å². The van der Waals surface area contributed by atoms with Gasteiger partial charge in [-0.15, -0.1) is 21.5 Å². The molecule has 0 saturated carbocycles.